The third kappa shape index (κ3) is 3.43. The Morgan fingerprint density at radius 2 is 2.12 bits per heavy atom. The maximum absolute atomic E-state index is 12.1. The summed E-state index contributed by atoms with van der Waals surface area (Å²) < 4.78 is 1.55. The first-order valence-corrected chi connectivity index (χ1v) is 7.71. The second-order valence-electron chi connectivity index (χ2n) is 5.20. The van der Waals surface area contributed by atoms with E-state index in [-0.39, 0.29) is 33.5 Å². The summed E-state index contributed by atoms with van der Waals surface area (Å²) in [5.74, 6) is -1.42. The molecule has 0 aliphatic heterocycles. The molecular formula is C16H17N3O4S. The molecule has 24 heavy (non-hydrogen) atoms. The van der Waals surface area contributed by atoms with Crippen LogP contribution in [-0.2, 0) is 0 Å². The first-order chi connectivity index (χ1) is 11.4. The van der Waals surface area contributed by atoms with E-state index in [1.165, 1.54) is 16.7 Å². The van der Waals surface area contributed by atoms with Crippen LogP contribution in [0.25, 0.3) is 0 Å². The Hall–Kier alpha value is -2.74. The molecule has 0 fully saturated rings. The zero-order valence-electron chi connectivity index (χ0n) is 13.2. The lowest BCUT2D eigenvalue weighted by atomic mass is 10.2. The maximum Gasteiger partial charge on any atom is 0.337 e. The summed E-state index contributed by atoms with van der Waals surface area (Å²) in [6, 6.07) is 6.01. The highest BCUT2D eigenvalue weighted by Gasteiger charge is 2.15. The molecule has 0 unspecified atom stereocenters. The summed E-state index contributed by atoms with van der Waals surface area (Å²) in [5, 5.41) is 19.5. The van der Waals surface area contributed by atoms with E-state index in [4.69, 9.17) is 17.3 Å². The van der Waals surface area contributed by atoms with Gasteiger partial charge in [-0.25, -0.2) is 4.79 Å². The van der Waals surface area contributed by atoms with Gasteiger partial charge in [0.1, 0.15) is 5.56 Å². The Bertz CT molecular complexity index is 914. The minimum Gasteiger partial charge on any atom is -0.494 e. The van der Waals surface area contributed by atoms with E-state index in [0.29, 0.717) is 6.42 Å². The number of benzene rings is 1. The van der Waals surface area contributed by atoms with Crippen molar-refractivity contribution in [1.82, 2.24) is 9.55 Å². The van der Waals surface area contributed by atoms with E-state index >= 15 is 0 Å². The van der Waals surface area contributed by atoms with E-state index < -0.39 is 11.5 Å². The fourth-order valence-electron chi connectivity index (χ4n) is 2.16. The number of aromatic nitrogens is 2. The molecule has 0 bridgehead atoms. The van der Waals surface area contributed by atoms with Gasteiger partial charge in [0, 0.05) is 12.3 Å². The Balaban J connectivity index is 2.57. The van der Waals surface area contributed by atoms with Crippen molar-refractivity contribution in [3.05, 3.63) is 50.5 Å². The zero-order valence-corrected chi connectivity index (χ0v) is 14.0. The second kappa shape index (κ2) is 7.22. The summed E-state index contributed by atoms with van der Waals surface area (Å²) in [7, 11) is 0. The van der Waals surface area contributed by atoms with Crippen molar-refractivity contribution in [2.75, 3.05) is 0 Å². The van der Waals surface area contributed by atoms with Gasteiger partial charge in [0.2, 0.25) is 5.88 Å². The number of carboxylic acids is 1. The highest BCUT2D eigenvalue weighted by Crippen LogP contribution is 2.22. The second-order valence-corrected chi connectivity index (χ2v) is 5.59. The van der Waals surface area contributed by atoms with Crippen molar-refractivity contribution in [2.45, 2.75) is 26.3 Å². The standard InChI is InChI=1S/C16H17N3O4S/c1-3-9(2)19-14(21)11(13(20)18-16(19)24)8-17-12-7-5-4-6-10(12)15(22)23/h4-9,21H,3H2,1-2H3,(H,22,23)(H,18,20,24)/t9-/m0/s1. The number of rotatable bonds is 5. The van der Waals surface area contributed by atoms with Gasteiger partial charge in [-0.05, 0) is 37.7 Å². The molecule has 1 aromatic heterocycles. The molecule has 8 heteroatoms. The van der Waals surface area contributed by atoms with Gasteiger partial charge in [0.05, 0.1) is 11.3 Å². The smallest absolute Gasteiger partial charge is 0.337 e. The Labute approximate surface area is 142 Å². The number of aliphatic imine (C=N–C) groups is 1. The average Bonchev–Trinajstić information content (AvgIpc) is 2.54. The van der Waals surface area contributed by atoms with Gasteiger partial charge in [0.15, 0.2) is 4.77 Å². The van der Waals surface area contributed by atoms with Gasteiger partial charge in [-0.15, -0.1) is 0 Å². The number of nitrogens with one attached hydrogen (secondary N) is 1. The Kier molecular flexibility index (Phi) is 5.30. The number of carbonyl (C=O) groups is 1. The fraction of sp³-hybridized carbons (Fsp3) is 0.250. The van der Waals surface area contributed by atoms with Gasteiger partial charge in [-0.1, -0.05) is 19.1 Å². The van der Waals surface area contributed by atoms with Crippen LogP contribution < -0.4 is 5.56 Å². The molecule has 0 aliphatic carbocycles. The molecule has 0 spiro atoms. The predicted octanol–water partition coefficient (Wildman–Crippen LogP) is 3.03. The number of aromatic carboxylic acids is 1. The molecule has 1 atom stereocenters. The number of aromatic amines is 1. The van der Waals surface area contributed by atoms with Crippen molar-refractivity contribution in [1.29, 1.82) is 0 Å². The number of hydrogen-bond donors (Lipinski definition) is 3. The highest BCUT2D eigenvalue weighted by atomic mass is 32.1. The first-order valence-electron chi connectivity index (χ1n) is 7.31. The lowest BCUT2D eigenvalue weighted by Gasteiger charge is -2.16. The number of nitrogens with zero attached hydrogens (tertiary/aromatic N) is 2. The van der Waals surface area contributed by atoms with E-state index in [0.717, 1.165) is 6.21 Å². The molecule has 2 rings (SSSR count). The molecule has 126 valence electrons. The number of carboxylic acid groups (broad SMARTS) is 1. The van der Waals surface area contributed by atoms with Crippen LogP contribution in [0.2, 0.25) is 0 Å². The van der Waals surface area contributed by atoms with Crippen molar-refractivity contribution < 1.29 is 15.0 Å². The lowest BCUT2D eigenvalue weighted by molar-refractivity contribution is 0.0698. The van der Waals surface area contributed by atoms with Gasteiger partial charge in [0.25, 0.3) is 5.56 Å². The van der Waals surface area contributed by atoms with E-state index in [1.54, 1.807) is 12.1 Å². The molecule has 0 radical (unpaired) electrons. The first kappa shape index (κ1) is 17.6. The minimum absolute atomic E-state index is 0.000592. The number of H-pyrrole nitrogens is 1. The van der Waals surface area contributed by atoms with Crippen molar-refractivity contribution in [3.63, 3.8) is 0 Å². The van der Waals surface area contributed by atoms with Gasteiger partial charge in [-0.2, -0.15) is 0 Å². The lowest BCUT2D eigenvalue weighted by Crippen LogP contribution is -2.20. The van der Waals surface area contributed by atoms with Crippen LogP contribution in [0.4, 0.5) is 5.69 Å². The molecule has 0 amide bonds. The molecule has 3 N–H and O–H groups in total. The average molecular weight is 347 g/mol. The van der Waals surface area contributed by atoms with Crippen LogP contribution in [0.1, 0.15) is 42.2 Å². The minimum atomic E-state index is -1.13. The van der Waals surface area contributed by atoms with Crippen LogP contribution in [-0.4, -0.2) is 31.9 Å². The molecule has 1 aromatic carbocycles. The van der Waals surface area contributed by atoms with Gasteiger partial charge in [-0.3, -0.25) is 19.3 Å². The monoisotopic (exact) mass is 347 g/mol. The zero-order chi connectivity index (χ0) is 17.9. The molecular weight excluding hydrogens is 330 g/mol. The van der Waals surface area contributed by atoms with E-state index in [2.05, 4.69) is 9.98 Å². The van der Waals surface area contributed by atoms with Crippen LogP contribution in [0.15, 0.2) is 34.1 Å². The summed E-state index contributed by atoms with van der Waals surface area (Å²) in [4.78, 5) is 29.8. The Morgan fingerprint density at radius 3 is 2.75 bits per heavy atom. The topological polar surface area (TPSA) is 108 Å². The predicted molar refractivity (Wildman–Crippen MR) is 93.2 cm³/mol. The van der Waals surface area contributed by atoms with Crippen molar-refractivity contribution >= 4 is 30.1 Å². The molecule has 7 nitrogen and oxygen atoms in total. The third-order valence-electron chi connectivity index (χ3n) is 3.65. The highest BCUT2D eigenvalue weighted by molar-refractivity contribution is 7.71. The van der Waals surface area contributed by atoms with E-state index in [1.807, 2.05) is 13.8 Å². The molecule has 1 heterocycles. The van der Waals surface area contributed by atoms with Gasteiger partial charge >= 0.3 is 5.97 Å². The number of para-hydroxylation sites is 1. The summed E-state index contributed by atoms with van der Waals surface area (Å²) in [6.45, 7) is 3.78. The van der Waals surface area contributed by atoms with Crippen molar-refractivity contribution in [2.24, 2.45) is 4.99 Å². The molecule has 2 aromatic rings. The summed E-state index contributed by atoms with van der Waals surface area (Å²) in [5.41, 5.74) is -0.488. The molecule has 0 aliphatic rings. The third-order valence-corrected chi connectivity index (χ3v) is 3.95. The Morgan fingerprint density at radius 1 is 1.46 bits per heavy atom. The van der Waals surface area contributed by atoms with Crippen LogP contribution in [0.5, 0.6) is 5.88 Å². The normalized spacial score (nSPS) is 12.4. The summed E-state index contributed by atoms with van der Waals surface area (Å²) >= 11 is 5.09. The maximum atomic E-state index is 12.1. The largest absolute Gasteiger partial charge is 0.494 e. The quantitative estimate of drug-likeness (QED) is 0.569. The van der Waals surface area contributed by atoms with Crippen LogP contribution in [0.3, 0.4) is 0 Å². The molecule has 0 saturated carbocycles. The van der Waals surface area contributed by atoms with Crippen LogP contribution >= 0.6 is 12.2 Å². The van der Waals surface area contributed by atoms with E-state index in [9.17, 15) is 14.7 Å². The van der Waals surface area contributed by atoms with Crippen molar-refractivity contribution in [3.8, 4) is 5.88 Å². The SMILES string of the molecule is CC[C@H](C)n1c(O)c(C=Nc2ccccc2C(=O)O)c(=O)[nH]c1=S. The van der Waals surface area contributed by atoms with Crippen LogP contribution in [0, 0.1) is 4.77 Å². The number of hydrogen-bond acceptors (Lipinski definition) is 5. The molecule has 0 saturated heterocycles. The number of aromatic hydroxyl groups is 1. The van der Waals surface area contributed by atoms with Gasteiger partial charge < -0.3 is 10.2 Å². The fourth-order valence-corrected chi connectivity index (χ4v) is 2.52. The summed E-state index contributed by atoms with van der Waals surface area (Å²) in [6.07, 6.45) is 1.84.